The highest BCUT2D eigenvalue weighted by Crippen LogP contribution is 2.39. The fourth-order valence-electron chi connectivity index (χ4n) is 2.23. The molecule has 2 rings (SSSR count). The van der Waals surface area contributed by atoms with Crippen LogP contribution in [0.4, 0.5) is 0 Å². The molecule has 2 unspecified atom stereocenters. The van der Waals surface area contributed by atoms with Crippen LogP contribution in [0.2, 0.25) is 0 Å². The summed E-state index contributed by atoms with van der Waals surface area (Å²) >= 11 is 0. The van der Waals surface area contributed by atoms with Crippen molar-refractivity contribution in [1.29, 1.82) is 0 Å². The molecule has 0 radical (unpaired) electrons. The predicted octanol–water partition coefficient (Wildman–Crippen LogP) is 1.27. The quantitative estimate of drug-likeness (QED) is 0.687. The van der Waals surface area contributed by atoms with Crippen LogP contribution in [0, 0.1) is 17.8 Å². The summed E-state index contributed by atoms with van der Waals surface area (Å²) in [6.45, 7) is 7.70. The third-order valence-electron chi connectivity index (χ3n) is 3.11. The molecule has 0 aromatic carbocycles. The molecule has 2 heteroatoms. The van der Waals surface area contributed by atoms with E-state index in [-0.39, 0.29) is 0 Å². The average molecular weight is 169 g/mol. The van der Waals surface area contributed by atoms with Gasteiger partial charge in [-0.15, -0.1) is 0 Å². The van der Waals surface area contributed by atoms with E-state index in [1.54, 1.807) is 0 Å². The van der Waals surface area contributed by atoms with Crippen molar-refractivity contribution in [2.45, 2.75) is 26.3 Å². The minimum Gasteiger partial charge on any atom is -0.381 e. The Balaban J connectivity index is 1.70. The van der Waals surface area contributed by atoms with Gasteiger partial charge in [0.25, 0.3) is 0 Å². The monoisotopic (exact) mass is 169 g/mol. The van der Waals surface area contributed by atoms with E-state index in [1.807, 2.05) is 0 Å². The van der Waals surface area contributed by atoms with Crippen LogP contribution in [0.25, 0.3) is 0 Å². The highest BCUT2D eigenvalue weighted by Gasteiger charge is 2.44. The van der Waals surface area contributed by atoms with E-state index in [4.69, 9.17) is 4.74 Å². The summed E-state index contributed by atoms with van der Waals surface area (Å²) in [5.74, 6) is 2.49. The van der Waals surface area contributed by atoms with Gasteiger partial charge in [0.05, 0.1) is 6.61 Å². The van der Waals surface area contributed by atoms with Crippen LogP contribution < -0.4 is 5.32 Å². The fourth-order valence-corrected chi connectivity index (χ4v) is 2.23. The Bertz CT molecular complexity index is 158. The number of hydrogen-bond donors (Lipinski definition) is 1. The molecule has 1 heterocycles. The maximum atomic E-state index is 5.43. The topological polar surface area (TPSA) is 21.3 Å². The molecule has 0 aromatic rings. The average Bonchev–Trinajstić information content (AvgIpc) is 2.32. The number of hydrogen-bond acceptors (Lipinski definition) is 2. The molecule has 1 saturated carbocycles. The van der Waals surface area contributed by atoms with Crippen LogP contribution in [-0.4, -0.2) is 25.8 Å². The third-order valence-corrected chi connectivity index (χ3v) is 3.11. The molecule has 3 atom stereocenters. The number of fused-ring (bicyclic) bond motifs is 1. The summed E-state index contributed by atoms with van der Waals surface area (Å²) in [6, 6.07) is 0.764. The van der Waals surface area contributed by atoms with E-state index in [1.165, 1.54) is 6.42 Å². The normalized spacial score (nSPS) is 39.8. The van der Waals surface area contributed by atoms with Crippen LogP contribution in [0.15, 0.2) is 0 Å². The Morgan fingerprint density at radius 1 is 1.42 bits per heavy atom. The summed E-state index contributed by atoms with van der Waals surface area (Å²) in [5, 5.41) is 3.61. The summed E-state index contributed by atoms with van der Waals surface area (Å²) in [6.07, 6.45) is 1.34. The maximum Gasteiger partial charge on any atom is 0.0512 e. The Hall–Kier alpha value is -0.0800. The molecular weight excluding hydrogens is 150 g/mol. The summed E-state index contributed by atoms with van der Waals surface area (Å²) in [7, 11) is 0. The second kappa shape index (κ2) is 3.35. The molecular formula is C10H19NO. The molecule has 1 saturated heterocycles. The van der Waals surface area contributed by atoms with Gasteiger partial charge in [-0.3, -0.25) is 0 Å². The lowest BCUT2D eigenvalue weighted by Gasteiger charge is -2.39. The Morgan fingerprint density at radius 3 is 2.92 bits per heavy atom. The van der Waals surface area contributed by atoms with Gasteiger partial charge >= 0.3 is 0 Å². The zero-order chi connectivity index (χ0) is 8.55. The molecule has 2 aliphatic rings. The van der Waals surface area contributed by atoms with Crippen LogP contribution in [0.1, 0.15) is 20.3 Å². The largest absolute Gasteiger partial charge is 0.381 e. The highest BCUT2D eigenvalue weighted by molar-refractivity contribution is 4.96. The second-order valence-electron chi connectivity index (χ2n) is 4.61. The second-order valence-corrected chi connectivity index (χ2v) is 4.61. The van der Waals surface area contributed by atoms with Crippen LogP contribution in [-0.2, 0) is 4.74 Å². The van der Waals surface area contributed by atoms with Crippen LogP contribution >= 0.6 is 0 Å². The van der Waals surface area contributed by atoms with Crippen molar-refractivity contribution in [2.75, 3.05) is 19.8 Å². The number of nitrogens with one attached hydrogen (secondary N) is 1. The van der Waals surface area contributed by atoms with E-state index in [9.17, 15) is 0 Å². The number of rotatable bonds is 3. The minimum atomic E-state index is 0.764. The molecule has 1 N–H and O–H groups in total. The summed E-state index contributed by atoms with van der Waals surface area (Å²) in [5.41, 5.74) is 0. The molecule has 0 amide bonds. The Morgan fingerprint density at radius 2 is 2.25 bits per heavy atom. The summed E-state index contributed by atoms with van der Waals surface area (Å²) < 4.78 is 5.43. The van der Waals surface area contributed by atoms with Gasteiger partial charge in [0.2, 0.25) is 0 Å². The van der Waals surface area contributed by atoms with Crippen molar-refractivity contribution in [2.24, 2.45) is 17.8 Å². The van der Waals surface area contributed by atoms with Crippen molar-refractivity contribution in [3.05, 3.63) is 0 Å². The van der Waals surface area contributed by atoms with Gasteiger partial charge in [0, 0.05) is 18.6 Å². The first-order valence-corrected chi connectivity index (χ1v) is 5.08. The van der Waals surface area contributed by atoms with Crippen molar-refractivity contribution in [3.8, 4) is 0 Å². The number of ether oxygens (including phenoxy) is 1. The fraction of sp³-hybridized carbons (Fsp3) is 1.00. The van der Waals surface area contributed by atoms with E-state index in [0.717, 1.165) is 43.6 Å². The van der Waals surface area contributed by atoms with E-state index >= 15 is 0 Å². The van der Waals surface area contributed by atoms with E-state index in [0.29, 0.717) is 0 Å². The highest BCUT2D eigenvalue weighted by atomic mass is 16.5. The van der Waals surface area contributed by atoms with Gasteiger partial charge in [0.15, 0.2) is 0 Å². The van der Waals surface area contributed by atoms with Crippen LogP contribution in [0.3, 0.4) is 0 Å². The maximum absolute atomic E-state index is 5.43. The van der Waals surface area contributed by atoms with Crippen molar-refractivity contribution in [3.63, 3.8) is 0 Å². The standard InChI is InChI=1S/C10H19NO/c1-7(2)4-11-10-3-8-5-12-6-9(8)10/h7-11H,3-6H2,1-2H3/t8?,9-,10?/m1/s1. The molecule has 70 valence electrons. The van der Waals surface area contributed by atoms with Gasteiger partial charge < -0.3 is 10.1 Å². The van der Waals surface area contributed by atoms with Gasteiger partial charge in [-0.25, -0.2) is 0 Å². The van der Waals surface area contributed by atoms with Crippen molar-refractivity contribution < 1.29 is 4.74 Å². The first-order valence-electron chi connectivity index (χ1n) is 5.08. The zero-order valence-corrected chi connectivity index (χ0v) is 8.05. The Kier molecular flexibility index (Phi) is 2.37. The molecule has 0 spiro atoms. The molecule has 0 aromatic heterocycles. The molecule has 2 nitrogen and oxygen atoms in total. The molecule has 0 bridgehead atoms. The first-order chi connectivity index (χ1) is 5.77. The lowest BCUT2D eigenvalue weighted by atomic mass is 9.71. The lowest BCUT2D eigenvalue weighted by Crippen LogP contribution is -2.50. The molecule has 12 heavy (non-hydrogen) atoms. The SMILES string of the molecule is CC(C)CNC1CC2COC[C@H]21. The molecule has 1 aliphatic carbocycles. The van der Waals surface area contributed by atoms with Gasteiger partial charge in [-0.2, -0.15) is 0 Å². The predicted molar refractivity (Wildman–Crippen MR) is 49.0 cm³/mol. The third kappa shape index (κ3) is 1.50. The molecule has 1 aliphatic heterocycles. The summed E-state index contributed by atoms with van der Waals surface area (Å²) in [4.78, 5) is 0. The lowest BCUT2D eigenvalue weighted by molar-refractivity contribution is 0.151. The first kappa shape index (κ1) is 8.52. The van der Waals surface area contributed by atoms with E-state index in [2.05, 4.69) is 19.2 Å². The minimum absolute atomic E-state index is 0.764. The van der Waals surface area contributed by atoms with Crippen molar-refractivity contribution >= 4 is 0 Å². The van der Waals surface area contributed by atoms with Gasteiger partial charge in [0.1, 0.15) is 0 Å². The van der Waals surface area contributed by atoms with E-state index < -0.39 is 0 Å². The van der Waals surface area contributed by atoms with Gasteiger partial charge in [-0.1, -0.05) is 13.8 Å². The Labute approximate surface area is 74.7 Å². The smallest absolute Gasteiger partial charge is 0.0512 e. The zero-order valence-electron chi connectivity index (χ0n) is 8.05. The molecule has 2 fully saturated rings. The van der Waals surface area contributed by atoms with Crippen molar-refractivity contribution in [1.82, 2.24) is 5.32 Å². The van der Waals surface area contributed by atoms with Gasteiger partial charge in [-0.05, 0) is 24.8 Å². The van der Waals surface area contributed by atoms with Crippen LogP contribution in [0.5, 0.6) is 0 Å².